The predicted octanol–water partition coefficient (Wildman–Crippen LogP) is 2.53. The van der Waals surface area contributed by atoms with Gasteiger partial charge in [0.25, 0.3) is 5.91 Å². The molecule has 1 aromatic rings. The number of aliphatic carboxylic acids is 1. The van der Waals surface area contributed by atoms with Crippen molar-refractivity contribution in [2.75, 3.05) is 6.54 Å². The van der Waals surface area contributed by atoms with Crippen molar-refractivity contribution in [3.05, 3.63) is 35.1 Å². The molecule has 0 radical (unpaired) electrons. The van der Waals surface area contributed by atoms with Crippen LogP contribution in [-0.4, -0.2) is 34.5 Å². The second kappa shape index (κ2) is 5.34. The summed E-state index contributed by atoms with van der Waals surface area (Å²) in [6, 6.07) is 0.797. The molecule has 1 atom stereocenters. The van der Waals surface area contributed by atoms with Crippen molar-refractivity contribution >= 4 is 11.9 Å². The Bertz CT molecular complexity index is 585. The molecule has 1 heterocycles. The summed E-state index contributed by atoms with van der Waals surface area (Å²) in [6.07, 6.45) is -4.10. The maximum atomic E-state index is 13.4. The first-order chi connectivity index (χ1) is 9.71. The van der Waals surface area contributed by atoms with Crippen LogP contribution in [0.4, 0.5) is 17.6 Å². The zero-order valence-electron chi connectivity index (χ0n) is 10.7. The highest BCUT2D eigenvalue weighted by molar-refractivity contribution is 5.97. The lowest BCUT2D eigenvalue weighted by molar-refractivity contribution is -0.141. The number of benzene rings is 1. The van der Waals surface area contributed by atoms with Gasteiger partial charge in [-0.05, 0) is 31.0 Å². The molecule has 0 unspecified atom stereocenters. The molecule has 0 bridgehead atoms. The van der Waals surface area contributed by atoms with Gasteiger partial charge < -0.3 is 10.0 Å². The number of carboxylic acid groups (broad SMARTS) is 1. The van der Waals surface area contributed by atoms with Crippen LogP contribution in [0.15, 0.2) is 18.2 Å². The smallest absolute Gasteiger partial charge is 0.419 e. The first kappa shape index (κ1) is 15.3. The Balaban J connectivity index is 2.28. The Kier molecular flexibility index (Phi) is 3.89. The van der Waals surface area contributed by atoms with Crippen LogP contribution in [0.3, 0.4) is 0 Å². The van der Waals surface area contributed by atoms with Gasteiger partial charge in [0.15, 0.2) is 0 Å². The summed E-state index contributed by atoms with van der Waals surface area (Å²) in [7, 11) is 0. The molecule has 1 saturated heterocycles. The molecular formula is C13H11F4NO3. The van der Waals surface area contributed by atoms with E-state index in [2.05, 4.69) is 0 Å². The molecule has 1 aromatic carbocycles. The van der Waals surface area contributed by atoms with E-state index in [0.29, 0.717) is 18.6 Å². The van der Waals surface area contributed by atoms with Crippen LogP contribution in [-0.2, 0) is 11.0 Å². The number of rotatable bonds is 2. The largest absolute Gasteiger partial charge is 0.480 e. The number of likely N-dealkylation sites (tertiary alicyclic amines) is 1. The average Bonchev–Trinajstić information content (AvgIpc) is 2.85. The summed E-state index contributed by atoms with van der Waals surface area (Å²) in [4.78, 5) is 24.1. The van der Waals surface area contributed by atoms with Gasteiger partial charge in [-0.2, -0.15) is 13.2 Å². The molecule has 0 aromatic heterocycles. The minimum atomic E-state index is -4.84. The standard InChI is InChI=1S/C13H11F4NO3/c14-9-6-7(3-4-8(9)13(15,16)17)11(19)18-5-1-2-10(18)12(20)21/h3-4,6,10H,1-2,5H2,(H,20,21)/t10-/m1/s1. The summed E-state index contributed by atoms with van der Waals surface area (Å²) < 4.78 is 50.8. The molecule has 1 amide bonds. The van der Waals surface area contributed by atoms with E-state index < -0.39 is 35.5 Å². The van der Waals surface area contributed by atoms with Gasteiger partial charge in [-0.15, -0.1) is 0 Å². The molecule has 0 saturated carbocycles. The van der Waals surface area contributed by atoms with Crippen LogP contribution in [0.2, 0.25) is 0 Å². The molecule has 1 aliphatic heterocycles. The molecular weight excluding hydrogens is 294 g/mol. The van der Waals surface area contributed by atoms with Crippen LogP contribution in [0.1, 0.15) is 28.8 Å². The molecule has 8 heteroatoms. The van der Waals surface area contributed by atoms with Gasteiger partial charge in [0.2, 0.25) is 0 Å². The Labute approximate surface area is 117 Å². The predicted molar refractivity (Wildman–Crippen MR) is 63.1 cm³/mol. The number of nitrogens with zero attached hydrogens (tertiary/aromatic N) is 1. The lowest BCUT2D eigenvalue weighted by Crippen LogP contribution is -2.40. The molecule has 0 aliphatic carbocycles. The number of carbonyl (C=O) groups is 2. The maximum Gasteiger partial charge on any atom is 0.419 e. The van der Waals surface area contributed by atoms with Gasteiger partial charge in [0.1, 0.15) is 11.9 Å². The number of amides is 1. The quantitative estimate of drug-likeness (QED) is 0.854. The summed E-state index contributed by atoms with van der Waals surface area (Å²) in [5.74, 6) is -3.53. The van der Waals surface area contributed by atoms with Crippen molar-refractivity contribution < 1.29 is 32.3 Å². The Morgan fingerprint density at radius 1 is 1.29 bits per heavy atom. The van der Waals surface area contributed by atoms with Crippen molar-refractivity contribution in [2.24, 2.45) is 0 Å². The van der Waals surface area contributed by atoms with Gasteiger partial charge in [-0.3, -0.25) is 4.79 Å². The van der Waals surface area contributed by atoms with E-state index in [9.17, 15) is 27.2 Å². The number of hydrogen-bond donors (Lipinski definition) is 1. The summed E-state index contributed by atoms with van der Waals surface area (Å²) in [6.45, 7) is 0.179. The fraction of sp³-hybridized carbons (Fsp3) is 0.385. The third kappa shape index (κ3) is 2.98. The topological polar surface area (TPSA) is 57.6 Å². The van der Waals surface area contributed by atoms with E-state index in [-0.39, 0.29) is 18.5 Å². The van der Waals surface area contributed by atoms with Crippen molar-refractivity contribution in [1.82, 2.24) is 4.90 Å². The normalized spacial score (nSPS) is 18.9. The molecule has 1 fully saturated rings. The van der Waals surface area contributed by atoms with Crippen molar-refractivity contribution in [3.8, 4) is 0 Å². The molecule has 114 valence electrons. The van der Waals surface area contributed by atoms with Crippen molar-refractivity contribution in [3.63, 3.8) is 0 Å². The Morgan fingerprint density at radius 3 is 2.48 bits per heavy atom. The van der Waals surface area contributed by atoms with E-state index in [1.165, 1.54) is 0 Å². The monoisotopic (exact) mass is 305 g/mol. The van der Waals surface area contributed by atoms with Crippen LogP contribution in [0.5, 0.6) is 0 Å². The molecule has 21 heavy (non-hydrogen) atoms. The van der Waals surface area contributed by atoms with Crippen molar-refractivity contribution in [2.45, 2.75) is 25.1 Å². The van der Waals surface area contributed by atoms with Crippen LogP contribution in [0.25, 0.3) is 0 Å². The summed E-state index contributed by atoms with van der Waals surface area (Å²) in [5, 5.41) is 8.97. The van der Waals surface area contributed by atoms with E-state index in [4.69, 9.17) is 5.11 Å². The van der Waals surface area contributed by atoms with Crippen LogP contribution < -0.4 is 0 Å². The fourth-order valence-corrected chi connectivity index (χ4v) is 2.31. The summed E-state index contributed by atoms with van der Waals surface area (Å²) >= 11 is 0. The highest BCUT2D eigenvalue weighted by Gasteiger charge is 2.37. The number of halogens is 4. The van der Waals surface area contributed by atoms with Gasteiger partial charge in [0.05, 0.1) is 5.56 Å². The van der Waals surface area contributed by atoms with Crippen LogP contribution in [0, 0.1) is 5.82 Å². The summed E-state index contributed by atoms with van der Waals surface area (Å²) in [5.41, 5.74) is -1.76. The minimum absolute atomic E-state index is 0.179. The van der Waals surface area contributed by atoms with Gasteiger partial charge in [-0.1, -0.05) is 0 Å². The second-order valence-electron chi connectivity index (χ2n) is 4.69. The first-order valence-corrected chi connectivity index (χ1v) is 6.12. The maximum absolute atomic E-state index is 13.4. The SMILES string of the molecule is O=C(O)[C@H]1CCCN1C(=O)c1ccc(C(F)(F)F)c(F)c1. The third-order valence-corrected chi connectivity index (χ3v) is 3.32. The zero-order chi connectivity index (χ0) is 15.8. The van der Waals surface area contributed by atoms with Crippen LogP contribution >= 0.6 is 0 Å². The van der Waals surface area contributed by atoms with E-state index >= 15 is 0 Å². The Morgan fingerprint density at radius 2 is 1.95 bits per heavy atom. The average molecular weight is 305 g/mol. The number of carboxylic acids is 1. The number of alkyl halides is 3. The van der Waals surface area contributed by atoms with Crippen molar-refractivity contribution in [1.29, 1.82) is 0 Å². The minimum Gasteiger partial charge on any atom is -0.480 e. The third-order valence-electron chi connectivity index (χ3n) is 3.32. The van der Waals surface area contributed by atoms with E-state index in [1.807, 2.05) is 0 Å². The highest BCUT2D eigenvalue weighted by Crippen LogP contribution is 2.32. The molecule has 4 nitrogen and oxygen atoms in total. The highest BCUT2D eigenvalue weighted by atomic mass is 19.4. The zero-order valence-corrected chi connectivity index (χ0v) is 10.7. The molecule has 2 rings (SSSR count). The number of carbonyl (C=O) groups excluding carboxylic acids is 1. The lowest BCUT2D eigenvalue weighted by Gasteiger charge is -2.21. The van der Waals surface area contributed by atoms with Gasteiger partial charge >= 0.3 is 12.1 Å². The fourth-order valence-electron chi connectivity index (χ4n) is 2.31. The molecule has 0 spiro atoms. The first-order valence-electron chi connectivity index (χ1n) is 6.12. The molecule has 1 aliphatic rings. The van der Waals surface area contributed by atoms with E-state index in [1.54, 1.807) is 0 Å². The number of hydrogen-bond acceptors (Lipinski definition) is 2. The lowest BCUT2D eigenvalue weighted by atomic mass is 10.1. The van der Waals surface area contributed by atoms with Gasteiger partial charge in [0, 0.05) is 12.1 Å². The second-order valence-corrected chi connectivity index (χ2v) is 4.69. The Hall–Kier alpha value is -2.12. The van der Waals surface area contributed by atoms with E-state index in [0.717, 1.165) is 11.0 Å². The van der Waals surface area contributed by atoms with Gasteiger partial charge in [-0.25, -0.2) is 9.18 Å². The molecule has 1 N–H and O–H groups in total.